The van der Waals surface area contributed by atoms with E-state index in [0.717, 1.165) is 5.56 Å². The van der Waals surface area contributed by atoms with Crippen molar-refractivity contribution >= 4 is 11.9 Å². The van der Waals surface area contributed by atoms with Crippen LogP contribution in [0.25, 0.3) is 0 Å². The van der Waals surface area contributed by atoms with Crippen LogP contribution in [0.1, 0.15) is 25.0 Å². The van der Waals surface area contributed by atoms with Gasteiger partial charge in [-0.2, -0.15) is 0 Å². The first kappa shape index (κ1) is 18.7. The average molecular weight is 341 g/mol. The van der Waals surface area contributed by atoms with E-state index in [4.69, 9.17) is 4.74 Å². The molecular formula is C20H23NO4. The largest absolute Gasteiger partial charge is 0.481 e. The number of ether oxygens (including phenoxy) is 1. The normalized spacial score (nSPS) is 14.3. The van der Waals surface area contributed by atoms with Crippen molar-refractivity contribution in [3.05, 3.63) is 71.8 Å². The fourth-order valence-electron chi connectivity index (χ4n) is 2.39. The third-order valence-corrected chi connectivity index (χ3v) is 4.21. The molecule has 2 aromatic carbocycles. The van der Waals surface area contributed by atoms with Crippen LogP contribution in [-0.2, 0) is 26.3 Å². The van der Waals surface area contributed by atoms with Gasteiger partial charge in [-0.25, -0.2) is 0 Å². The lowest BCUT2D eigenvalue weighted by Crippen LogP contribution is -2.47. The van der Waals surface area contributed by atoms with Crippen molar-refractivity contribution in [2.75, 3.05) is 6.54 Å². The third kappa shape index (κ3) is 4.90. The summed E-state index contributed by atoms with van der Waals surface area (Å²) in [6.07, 6.45) is -0.672. The Bertz CT molecular complexity index is 702. The van der Waals surface area contributed by atoms with E-state index < -0.39 is 17.5 Å². The van der Waals surface area contributed by atoms with Gasteiger partial charge in [-0.15, -0.1) is 0 Å². The molecule has 0 radical (unpaired) electrons. The lowest BCUT2D eigenvalue weighted by atomic mass is 9.82. The van der Waals surface area contributed by atoms with E-state index in [1.54, 1.807) is 38.1 Å². The highest BCUT2D eigenvalue weighted by atomic mass is 16.5. The van der Waals surface area contributed by atoms with Crippen molar-refractivity contribution in [3.63, 3.8) is 0 Å². The second-order valence-corrected chi connectivity index (χ2v) is 6.16. The van der Waals surface area contributed by atoms with E-state index in [9.17, 15) is 14.7 Å². The van der Waals surface area contributed by atoms with Gasteiger partial charge in [0.15, 0.2) is 0 Å². The first-order valence-electron chi connectivity index (χ1n) is 8.15. The average Bonchev–Trinajstić information content (AvgIpc) is 2.65. The van der Waals surface area contributed by atoms with Gasteiger partial charge in [0.1, 0.15) is 11.5 Å². The SMILES string of the molecule is CC(OCc1ccccc1)C(=O)NCC(C)(C(=O)O)c1ccccc1. The van der Waals surface area contributed by atoms with Crippen molar-refractivity contribution in [2.45, 2.75) is 32.0 Å². The Labute approximate surface area is 147 Å². The first-order valence-corrected chi connectivity index (χ1v) is 8.15. The van der Waals surface area contributed by atoms with Gasteiger partial charge in [-0.3, -0.25) is 9.59 Å². The van der Waals surface area contributed by atoms with Crippen LogP contribution in [0.3, 0.4) is 0 Å². The summed E-state index contributed by atoms with van der Waals surface area (Å²) in [5.74, 6) is -1.32. The molecule has 132 valence electrons. The molecule has 0 saturated heterocycles. The van der Waals surface area contributed by atoms with Crippen LogP contribution >= 0.6 is 0 Å². The predicted molar refractivity (Wildman–Crippen MR) is 95.1 cm³/mol. The zero-order chi connectivity index (χ0) is 18.3. The molecular weight excluding hydrogens is 318 g/mol. The Kier molecular flexibility index (Phi) is 6.31. The molecule has 0 aliphatic heterocycles. The summed E-state index contributed by atoms with van der Waals surface area (Å²) in [4.78, 5) is 24.0. The molecule has 0 spiro atoms. The maximum Gasteiger partial charge on any atom is 0.315 e. The molecule has 0 heterocycles. The van der Waals surface area contributed by atoms with Crippen molar-refractivity contribution < 1.29 is 19.4 Å². The summed E-state index contributed by atoms with van der Waals surface area (Å²) in [6, 6.07) is 18.4. The minimum absolute atomic E-state index is 0.00971. The molecule has 0 aliphatic carbocycles. The summed E-state index contributed by atoms with van der Waals surface area (Å²) in [5.41, 5.74) is 0.415. The van der Waals surface area contributed by atoms with E-state index >= 15 is 0 Å². The van der Waals surface area contributed by atoms with Crippen molar-refractivity contribution in [3.8, 4) is 0 Å². The fourth-order valence-corrected chi connectivity index (χ4v) is 2.39. The molecule has 2 atom stereocenters. The molecule has 0 aromatic heterocycles. The van der Waals surface area contributed by atoms with Crippen LogP contribution < -0.4 is 5.32 Å². The van der Waals surface area contributed by atoms with Gasteiger partial charge >= 0.3 is 5.97 Å². The molecule has 2 unspecified atom stereocenters. The molecule has 0 aliphatic rings. The van der Waals surface area contributed by atoms with Crippen LogP contribution in [0.2, 0.25) is 0 Å². The Morgan fingerprint density at radius 1 is 1.08 bits per heavy atom. The number of carbonyl (C=O) groups excluding carboxylic acids is 1. The monoisotopic (exact) mass is 341 g/mol. The number of hydrogen-bond acceptors (Lipinski definition) is 3. The van der Waals surface area contributed by atoms with Gasteiger partial charge in [0.2, 0.25) is 5.91 Å². The van der Waals surface area contributed by atoms with Crippen molar-refractivity contribution in [1.82, 2.24) is 5.32 Å². The molecule has 0 saturated carbocycles. The van der Waals surface area contributed by atoms with Gasteiger partial charge in [0.05, 0.1) is 6.61 Å². The second-order valence-electron chi connectivity index (χ2n) is 6.16. The van der Waals surface area contributed by atoms with E-state index in [-0.39, 0.29) is 12.5 Å². The van der Waals surface area contributed by atoms with Crippen LogP contribution in [-0.4, -0.2) is 29.6 Å². The minimum Gasteiger partial charge on any atom is -0.481 e. The summed E-state index contributed by atoms with van der Waals surface area (Å²) in [5, 5.41) is 12.3. The number of aliphatic carboxylic acids is 1. The number of carboxylic acids is 1. The lowest BCUT2D eigenvalue weighted by Gasteiger charge is -2.26. The highest BCUT2D eigenvalue weighted by Crippen LogP contribution is 2.23. The highest BCUT2D eigenvalue weighted by molar-refractivity contribution is 5.84. The van der Waals surface area contributed by atoms with Crippen LogP contribution in [0.5, 0.6) is 0 Å². The number of benzene rings is 2. The van der Waals surface area contributed by atoms with Crippen LogP contribution in [0.4, 0.5) is 0 Å². The molecule has 0 bridgehead atoms. The third-order valence-electron chi connectivity index (χ3n) is 4.21. The van der Waals surface area contributed by atoms with Crippen LogP contribution in [0.15, 0.2) is 60.7 Å². The predicted octanol–water partition coefficient (Wildman–Crippen LogP) is 2.75. The Hall–Kier alpha value is -2.66. The van der Waals surface area contributed by atoms with Crippen molar-refractivity contribution in [1.29, 1.82) is 0 Å². The summed E-state index contributed by atoms with van der Waals surface area (Å²) in [7, 11) is 0. The number of nitrogens with one attached hydrogen (secondary N) is 1. The summed E-state index contributed by atoms with van der Waals surface area (Å²) in [6.45, 7) is 3.56. The van der Waals surface area contributed by atoms with Gasteiger partial charge < -0.3 is 15.2 Å². The smallest absolute Gasteiger partial charge is 0.315 e. The highest BCUT2D eigenvalue weighted by Gasteiger charge is 2.35. The molecule has 2 rings (SSSR count). The Morgan fingerprint density at radius 2 is 1.64 bits per heavy atom. The standard InChI is InChI=1S/C20H23NO4/c1-15(25-13-16-9-5-3-6-10-16)18(22)21-14-20(2,19(23)24)17-11-7-4-8-12-17/h3-12,15H,13-14H2,1-2H3,(H,21,22)(H,23,24). The zero-order valence-corrected chi connectivity index (χ0v) is 14.4. The summed E-state index contributed by atoms with van der Waals surface area (Å²) >= 11 is 0. The maximum atomic E-state index is 12.2. The zero-order valence-electron chi connectivity index (χ0n) is 14.4. The maximum absolute atomic E-state index is 12.2. The molecule has 5 nitrogen and oxygen atoms in total. The number of amides is 1. The molecule has 1 amide bonds. The van der Waals surface area contributed by atoms with Gasteiger partial charge in [-0.1, -0.05) is 60.7 Å². The Balaban J connectivity index is 1.93. The second kappa shape index (κ2) is 8.44. The van der Waals surface area contributed by atoms with E-state index in [1.807, 2.05) is 36.4 Å². The van der Waals surface area contributed by atoms with Crippen molar-refractivity contribution in [2.24, 2.45) is 0 Å². The molecule has 5 heteroatoms. The number of carboxylic acid groups (broad SMARTS) is 1. The quantitative estimate of drug-likeness (QED) is 0.774. The van der Waals surface area contributed by atoms with E-state index in [1.165, 1.54) is 0 Å². The number of rotatable bonds is 8. The fraction of sp³-hybridized carbons (Fsp3) is 0.300. The molecule has 25 heavy (non-hydrogen) atoms. The van der Waals surface area contributed by atoms with E-state index in [0.29, 0.717) is 12.2 Å². The topological polar surface area (TPSA) is 75.6 Å². The van der Waals surface area contributed by atoms with Gasteiger partial charge in [0.25, 0.3) is 0 Å². The number of carbonyl (C=O) groups is 2. The summed E-state index contributed by atoms with van der Waals surface area (Å²) < 4.78 is 5.56. The number of hydrogen-bond donors (Lipinski definition) is 2. The minimum atomic E-state index is -1.20. The van der Waals surface area contributed by atoms with Crippen LogP contribution in [0, 0.1) is 0 Å². The molecule has 2 N–H and O–H groups in total. The lowest BCUT2D eigenvalue weighted by molar-refractivity contribution is -0.143. The Morgan fingerprint density at radius 3 is 2.20 bits per heavy atom. The molecule has 2 aromatic rings. The van der Waals surface area contributed by atoms with Gasteiger partial charge in [0, 0.05) is 6.54 Å². The first-order chi connectivity index (χ1) is 11.9. The van der Waals surface area contributed by atoms with E-state index in [2.05, 4.69) is 5.32 Å². The van der Waals surface area contributed by atoms with Gasteiger partial charge in [-0.05, 0) is 25.0 Å². The molecule has 0 fully saturated rings.